The standard InChI is InChI=1S/C12H14F3NO2/c1-2-3-4-9(12(17)18)16-10-6-7(13)5-8(14)11(10)15/h5-6,9,16H,2-4H2,1H3,(H,17,18). The zero-order valence-corrected chi connectivity index (χ0v) is 9.84. The van der Waals surface area contributed by atoms with Crippen LogP contribution in [0.1, 0.15) is 26.2 Å². The normalized spacial score (nSPS) is 12.2. The van der Waals surface area contributed by atoms with Crippen LogP contribution in [0.3, 0.4) is 0 Å². The van der Waals surface area contributed by atoms with Crippen LogP contribution in [0.4, 0.5) is 18.9 Å². The monoisotopic (exact) mass is 261 g/mol. The minimum atomic E-state index is -1.35. The second-order valence-corrected chi connectivity index (χ2v) is 3.93. The molecule has 0 spiro atoms. The maximum Gasteiger partial charge on any atom is 0.326 e. The molecule has 1 unspecified atom stereocenters. The van der Waals surface area contributed by atoms with Crippen molar-refractivity contribution >= 4 is 11.7 Å². The second-order valence-electron chi connectivity index (χ2n) is 3.93. The van der Waals surface area contributed by atoms with Crippen molar-refractivity contribution in [3.63, 3.8) is 0 Å². The predicted octanol–water partition coefficient (Wildman–Crippen LogP) is 3.16. The van der Waals surface area contributed by atoms with E-state index in [-0.39, 0.29) is 6.42 Å². The number of nitrogens with one attached hydrogen (secondary N) is 1. The van der Waals surface area contributed by atoms with Gasteiger partial charge in [0, 0.05) is 12.1 Å². The molecule has 0 aromatic heterocycles. The Hall–Kier alpha value is -1.72. The highest BCUT2D eigenvalue weighted by molar-refractivity contribution is 5.77. The van der Waals surface area contributed by atoms with Crippen LogP contribution < -0.4 is 5.32 Å². The van der Waals surface area contributed by atoms with Crippen molar-refractivity contribution in [1.82, 2.24) is 0 Å². The van der Waals surface area contributed by atoms with Crippen LogP contribution >= 0.6 is 0 Å². The van der Waals surface area contributed by atoms with E-state index in [1.165, 1.54) is 0 Å². The minimum Gasteiger partial charge on any atom is -0.480 e. The number of carboxylic acid groups (broad SMARTS) is 1. The highest BCUT2D eigenvalue weighted by atomic mass is 19.2. The first kappa shape index (κ1) is 14.3. The molecule has 3 nitrogen and oxygen atoms in total. The first-order chi connectivity index (χ1) is 8.45. The zero-order chi connectivity index (χ0) is 13.7. The molecule has 18 heavy (non-hydrogen) atoms. The molecule has 0 aliphatic rings. The van der Waals surface area contributed by atoms with Gasteiger partial charge in [0.15, 0.2) is 11.6 Å². The van der Waals surface area contributed by atoms with Crippen molar-refractivity contribution in [3.05, 3.63) is 29.6 Å². The summed E-state index contributed by atoms with van der Waals surface area (Å²) < 4.78 is 39.2. The summed E-state index contributed by atoms with van der Waals surface area (Å²) in [5.74, 6) is -4.78. The van der Waals surface area contributed by atoms with Crippen LogP contribution in [0.2, 0.25) is 0 Å². The van der Waals surface area contributed by atoms with Gasteiger partial charge in [-0.3, -0.25) is 0 Å². The van der Waals surface area contributed by atoms with E-state index in [1.54, 1.807) is 0 Å². The Bertz CT molecular complexity index is 438. The summed E-state index contributed by atoms with van der Waals surface area (Å²) in [7, 11) is 0. The number of anilines is 1. The third-order valence-corrected chi connectivity index (χ3v) is 2.47. The average Bonchev–Trinajstić information content (AvgIpc) is 2.29. The second kappa shape index (κ2) is 6.28. The summed E-state index contributed by atoms with van der Waals surface area (Å²) in [6.07, 6.45) is 1.64. The third-order valence-electron chi connectivity index (χ3n) is 2.47. The molecule has 0 amide bonds. The highest BCUT2D eigenvalue weighted by Crippen LogP contribution is 2.21. The summed E-state index contributed by atoms with van der Waals surface area (Å²) in [4.78, 5) is 10.9. The van der Waals surface area contributed by atoms with Crippen LogP contribution in [0, 0.1) is 17.5 Å². The molecule has 1 aromatic rings. The molecule has 0 bridgehead atoms. The molecule has 6 heteroatoms. The Labute approximate surface area is 103 Å². The molecule has 0 aliphatic heterocycles. The fourth-order valence-electron chi connectivity index (χ4n) is 1.51. The topological polar surface area (TPSA) is 49.3 Å². The van der Waals surface area contributed by atoms with Gasteiger partial charge < -0.3 is 10.4 Å². The van der Waals surface area contributed by atoms with Gasteiger partial charge in [0.25, 0.3) is 0 Å². The van der Waals surface area contributed by atoms with Crippen molar-refractivity contribution < 1.29 is 23.1 Å². The quantitative estimate of drug-likeness (QED) is 0.773. The number of unbranched alkanes of at least 4 members (excludes halogenated alkanes) is 1. The van der Waals surface area contributed by atoms with Gasteiger partial charge >= 0.3 is 5.97 Å². The molecule has 0 saturated heterocycles. The van der Waals surface area contributed by atoms with Gasteiger partial charge in [0.2, 0.25) is 0 Å². The van der Waals surface area contributed by atoms with E-state index < -0.39 is 35.2 Å². The van der Waals surface area contributed by atoms with E-state index in [0.29, 0.717) is 12.5 Å². The number of carboxylic acids is 1. The summed E-state index contributed by atoms with van der Waals surface area (Å²) in [6, 6.07) is 0.0727. The molecule has 1 rings (SSSR count). The van der Waals surface area contributed by atoms with Crippen LogP contribution in [0.25, 0.3) is 0 Å². The summed E-state index contributed by atoms with van der Waals surface area (Å²) >= 11 is 0. The van der Waals surface area contributed by atoms with Crippen molar-refractivity contribution in [2.45, 2.75) is 32.2 Å². The average molecular weight is 261 g/mol. The highest BCUT2D eigenvalue weighted by Gasteiger charge is 2.20. The zero-order valence-electron chi connectivity index (χ0n) is 9.84. The Kier molecular flexibility index (Phi) is 5.00. The Morgan fingerprint density at radius 2 is 2.06 bits per heavy atom. The summed E-state index contributed by atoms with van der Waals surface area (Å²) in [5.41, 5.74) is -0.476. The molecule has 2 N–H and O–H groups in total. The molecule has 0 fully saturated rings. The Morgan fingerprint density at radius 3 is 2.61 bits per heavy atom. The molecule has 100 valence electrons. The van der Waals surface area contributed by atoms with E-state index >= 15 is 0 Å². The van der Waals surface area contributed by atoms with Gasteiger partial charge in [-0.2, -0.15) is 0 Å². The largest absolute Gasteiger partial charge is 0.480 e. The van der Waals surface area contributed by atoms with Gasteiger partial charge in [-0.25, -0.2) is 18.0 Å². The van der Waals surface area contributed by atoms with Crippen molar-refractivity contribution in [3.8, 4) is 0 Å². The van der Waals surface area contributed by atoms with E-state index in [4.69, 9.17) is 5.11 Å². The molecule has 1 aromatic carbocycles. The molecule has 0 aliphatic carbocycles. The smallest absolute Gasteiger partial charge is 0.326 e. The number of halogens is 3. The van der Waals surface area contributed by atoms with Crippen LogP contribution in [-0.2, 0) is 4.79 Å². The molecule has 0 heterocycles. The lowest BCUT2D eigenvalue weighted by atomic mass is 10.1. The van der Waals surface area contributed by atoms with Crippen molar-refractivity contribution in [2.75, 3.05) is 5.32 Å². The lowest BCUT2D eigenvalue weighted by Gasteiger charge is -2.16. The van der Waals surface area contributed by atoms with Gasteiger partial charge in [-0.15, -0.1) is 0 Å². The van der Waals surface area contributed by atoms with E-state index in [2.05, 4.69) is 5.32 Å². The van der Waals surface area contributed by atoms with Crippen molar-refractivity contribution in [2.24, 2.45) is 0 Å². The molecule has 0 saturated carbocycles. The maximum atomic E-state index is 13.3. The Balaban J connectivity index is 2.89. The molecular weight excluding hydrogens is 247 g/mol. The van der Waals surface area contributed by atoms with Gasteiger partial charge in [0.05, 0.1) is 5.69 Å². The lowest BCUT2D eigenvalue weighted by Crippen LogP contribution is -2.29. The van der Waals surface area contributed by atoms with Gasteiger partial charge in [-0.05, 0) is 6.42 Å². The van der Waals surface area contributed by atoms with Gasteiger partial charge in [0.1, 0.15) is 11.9 Å². The number of hydrogen-bond donors (Lipinski definition) is 2. The van der Waals surface area contributed by atoms with E-state index in [1.807, 2.05) is 6.92 Å². The van der Waals surface area contributed by atoms with E-state index in [9.17, 15) is 18.0 Å². The third kappa shape index (κ3) is 3.65. The summed E-state index contributed by atoms with van der Waals surface area (Å²) in [5, 5.41) is 11.2. The van der Waals surface area contributed by atoms with Gasteiger partial charge in [-0.1, -0.05) is 19.8 Å². The van der Waals surface area contributed by atoms with E-state index in [0.717, 1.165) is 12.5 Å². The molecule has 0 radical (unpaired) electrons. The first-order valence-corrected chi connectivity index (χ1v) is 5.59. The number of carbonyl (C=O) groups is 1. The number of hydrogen-bond acceptors (Lipinski definition) is 2. The fourth-order valence-corrected chi connectivity index (χ4v) is 1.51. The maximum absolute atomic E-state index is 13.3. The molecular formula is C12H14F3NO2. The fraction of sp³-hybridized carbons (Fsp3) is 0.417. The number of aliphatic carboxylic acids is 1. The van der Waals surface area contributed by atoms with Crippen LogP contribution in [-0.4, -0.2) is 17.1 Å². The molecule has 1 atom stereocenters. The number of rotatable bonds is 6. The Morgan fingerprint density at radius 1 is 1.39 bits per heavy atom. The predicted molar refractivity (Wildman–Crippen MR) is 60.9 cm³/mol. The van der Waals surface area contributed by atoms with Crippen LogP contribution in [0.5, 0.6) is 0 Å². The van der Waals surface area contributed by atoms with Crippen molar-refractivity contribution in [1.29, 1.82) is 0 Å². The summed E-state index contributed by atoms with van der Waals surface area (Å²) in [6.45, 7) is 1.88. The number of benzene rings is 1. The SMILES string of the molecule is CCCCC(Nc1cc(F)cc(F)c1F)C(=O)O. The minimum absolute atomic E-state index is 0.253. The van der Waals surface area contributed by atoms with Crippen LogP contribution in [0.15, 0.2) is 12.1 Å². The first-order valence-electron chi connectivity index (χ1n) is 5.59. The lowest BCUT2D eigenvalue weighted by molar-refractivity contribution is -0.138.